The summed E-state index contributed by atoms with van der Waals surface area (Å²) >= 11 is 0. The summed E-state index contributed by atoms with van der Waals surface area (Å²) in [6, 6.07) is 13.1. The third-order valence-corrected chi connectivity index (χ3v) is 6.19. The molecular weight excluding hydrogens is 408 g/mol. The average Bonchev–Trinajstić information content (AvgIpc) is 3.40. The molecule has 2 aliphatic heterocycles. The van der Waals surface area contributed by atoms with E-state index in [-0.39, 0.29) is 31.1 Å². The zero-order valence-electron chi connectivity index (χ0n) is 18.9. The predicted octanol–water partition coefficient (Wildman–Crippen LogP) is 3.77. The zero-order chi connectivity index (χ0) is 22.7. The Balaban J connectivity index is 1.55. The minimum Gasteiger partial charge on any atom is -0.497 e. The normalized spacial score (nSPS) is 19.3. The number of fused-ring (bicyclic) bond motifs is 1. The van der Waals surface area contributed by atoms with Gasteiger partial charge in [0.2, 0.25) is 18.6 Å². The highest BCUT2D eigenvalue weighted by Gasteiger charge is 2.45. The van der Waals surface area contributed by atoms with Gasteiger partial charge in [0.15, 0.2) is 11.5 Å². The maximum atomic E-state index is 13.5. The third kappa shape index (κ3) is 4.38. The van der Waals surface area contributed by atoms with E-state index in [1.54, 1.807) is 19.1 Å². The fourth-order valence-corrected chi connectivity index (χ4v) is 4.49. The summed E-state index contributed by atoms with van der Waals surface area (Å²) in [7, 11) is 3.41. The largest absolute Gasteiger partial charge is 0.497 e. The fraction of sp³-hybridized carbons (Fsp3) is 0.440. The topological polar surface area (TPSA) is 68.3 Å². The minimum atomic E-state index is -0.424. The summed E-state index contributed by atoms with van der Waals surface area (Å²) in [4.78, 5) is 30.0. The van der Waals surface area contributed by atoms with E-state index in [4.69, 9.17) is 14.2 Å². The highest BCUT2D eigenvalue weighted by atomic mass is 16.7. The number of carbonyl (C=O) groups excluding carboxylic acids is 2. The summed E-state index contributed by atoms with van der Waals surface area (Å²) < 4.78 is 16.1. The summed E-state index contributed by atoms with van der Waals surface area (Å²) in [6.45, 7) is 3.41. The average molecular weight is 439 g/mol. The van der Waals surface area contributed by atoms with Crippen LogP contribution in [0.5, 0.6) is 17.2 Å². The highest BCUT2D eigenvalue weighted by Crippen LogP contribution is 2.40. The molecule has 7 nitrogen and oxygen atoms in total. The lowest BCUT2D eigenvalue weighted by molar-refractivity contribution is -0.135. The van der Waals surface area contributed by atoms with Gasteiger partial charge in [0.1, 0.15) is 5.75 Å². The van der Waals surface area contributed by atoms with E-state index in [9.17, 15) is 9.59 Å². The summed E-state index contributed by atoms with van der Waals surface area (Å²) in [5, 5.41) is 0. The van der Waals surface area contributed by atoms with E-state index in [1.807, 2.05) is 47.4 Å². The molecule has 2 aromatic rings. The molecule has 0 aliphatic carbocycles. The molecule has 170 valence electrons. The second-order valence-corrected chi connectivity index (χ2v) is 8.35. The fourth-order valence-electron chi connectivity index (χ4n) is 4.49. The summed E-state index contributed by atoms with van der Waals surface area (Å²) in [5.41, 5.74) is 1.92. The van der Waals surface area contributed by atoms with Crippen LogP contribution in [0.2, 0.25) is 0 Å². The highest BCUT2D eigenvalue weighted by molar-refractivity contribution is 5.90. The van der Waals surface area contributed by atoms with Crippen molar-refractivity contribution in [2.75, 3.05) is 27.5 Å². The molecule has 2 aliphatic rings. The van der Waals surface area contributed by atoms with Crippen LogP contribution < -0.4 is 14.2 Å². The lowest BCUT2D eigenvalue weighted by Crippen LogP contribution is -2.37. The molecule has 4 rings (SSSR count). The first-order chi connectivity index (χ1) is 15.5. The van der Waals surface area contributed by atoms with Crippen LogP contribution in [0.15, 0.2) is 42.5 Å². The van der Waals surface area contributed by atoms with Crippen LogP contribution >= 0.6 is 0 Å². The van der Waals surface area contributed by atoms with Crippen molar-refractivity contribution in [3.8, 4) is 17.2 Å². The third-order valence-electron chi connectivity index (χ3n) is 6.19. The molecule has 1 fully saturated rings. The number of methoxy groups -OCH3 is 1. The molecule has 0 saturated carbocycles. The van der Waals surface area contributed by atoms with E-state index in [0.29, 0.717) is 18.8 Å². The molecule has 2 unspecified atom stereocenters. The number of ether oxygens (including phenoxy) is 3. The Morgan fingerprint density at radius 2 is 1.91 bits per heavy atom. The standard InChI is InChI=1S/C25H30N2O5/c1-4-5-12-27-23(28)14-20(24(27)18-7-9-19(30-3)10-8-18)25(29)26(2)15-17-6-11-21-22(13-17)32-16-31-21/h6-11,13,20,24H,4-5,12,14-16H2,1-3H3. The Hall–Kier alpha value is -3.22. The lowest BCUT2D eigenvalue weighted by atomic mass is 9.92. The summed E-state index contributed by atoms with van der Waals surface area (Å²) in [5.74, 6) is 1.74. The van der Waals surface area contributed by atoms with Gasteiger partial charge in [0.05, 0.1) is 19.1 Å². The Morgan fingerprint density at radius 1 is 1.16 bits per heavy atom. The van der Waals surface area contributed by atoms with Gasteiger partial charge in [0, 0.05) is 26.6 Å². The number of likely N-dealkylation sites (tertiary alicyclic amines) is 1. The van der Waals surface area contributed by atoms with E-state index < -0.39 is 5.92 Å². The molecule has 2 heterocycles. The molecule has 2 amide bonds. The molecule has 0 N–H and O–H groups in total. The monoisotopic (exact) mass is 438 g/mol. The minimum absolute atomic E-state index is 0.0316. The van der Waals surface area contributed by atoms with Crippen LogP contribution in [0, 0.1) is 5.92 Å². The van der Waals surface area contributed by atoms with Gasteiger partial charge in [-0.3, -0.25) is 9.59 Å². The van der Waals surface area contributed by atoms with Gasteiger partial charge in [-0.1, -0.05) is 31.5 Å². The Labute approximate surface area is 188 Å². The molecule has 2 atom stereocenters. The quantitative estimate of drug-likeness (QED) is 0.628. The van der Waals surface area contributed by atoms with E-state index in [2.05, 4.69) is 6.92 Å². The number of rotatable bonds is 8. The van der Waals surface area contributed by atoms with Crippen molar-refractivity contribution in [2.24, 2.45) is 5.92 Å². The Morgan fingerprint density at radius 3 is 2.62 bits per heavy atom. The van der Waals surface area contributed by atoms with Gasteiger partial charge in [-0.25, -0.2) is 0 Å². The molecule has 32 heavy (non-hydrogen) atoms. The first-order valence-corrected chi connectivity index (χ1v) is 11.1. The number of hydrogen-bond acceptors (Lipinski definition) is 5. The van der Waals surface area contributed by atoms with Crippen LogP contribution in [0.1, 0.15) is 43.4 Å². The first-order valence-electron chi connectivity index (χ1n) is 11.1. The van der Waals surface area contributed by atoms with Gasteiger partial charge in [-0.05, 0) is 41.8 Å². The predicted molar refractivity (Wildman–Crippen MR) is 120 cm³/mol. The van der Waals surface area contributed by atoms with Crippen molar-refractivity contribution < 1.29 is 23.8 Å². The lowest BCUT2D eigenvalue weighted by Gasteiger charge is -2.30. The number of benzene rings is 2. The van der Waals surface area contributed by atoms with Crippen LogP contribution in [-0.4, -0.2) is 49.1 Å². The second kappa shape index (κ2) is 9.51. The van der Waals surface area contributed by atoms with Gasteiger partial charge in [-0.15, -0.1) is 0 Å². The van der Waals surface area contributed by atoms with Crippen molar-refractivity contribution in [3.05, 3.63) is 53.6 Å². The molecular formula is C25H30N2O5. The van der Waals surface area contributed by atoms with Crippen LogP contribution in [0.25, 0.3) is 0 Å². The van der Waals surface area contributed by atoms with Crippen molar-refractivity contribution in [1.82, 2.24) is 9.80 Å². The number of carbonyl (C=O) groups is 2. The number of unbranched alkanes of at least 4 members (excludes halogenated alkanes) is 1. The van der Waals surface area contributed by atoms with E-state index in [1.165, 1.54) is 0 Å². The van der Waals surface area contributed by atoms with Gasteiger partial charge < -0.3 is 24.0 Å². The molecule has 2 aromatic carbocycles. The first kappa shape index (κ1) is 22.0. The van der Waals surface area contributed by atoms with E-state index in [0.717, 1.165) is 35.5 Å². The van der Waals surface area contributed by atoms with Crippen LogP contribution in [0.3, 0.4) is 0 Å². The van der Waals surface area contributed by atoms with Crippen LogP contribution in [0.4, 0.5) is 0 Å². The second-order valence-electron chi connectivity index (χ2n) is 8.35. The molecule has 1 saturated heterocycles. The Bertz CT molecular complexity index is 975. The zero-order valence-corrected chi connectivity index (χ0v) is 18.9. The molecule has 0 aromatic heterocycles. The van der Waals surface area contributed by atoms with Crippen molar-refractivity contribution in [1.29, 1.82) is 0 Å². The van der Waals surface area contributed by atoms with Crippen molar-refractivity contribution in [3.63, 3.8) is 0 Å². The Kier molecular flexibility index (Phi) is 6.53. The van der Waals surface area contributed by atoms with Gasteiger partial charge >= 0.3 is 0 Å². The van der Waals surface area contributed by atoms with E-state index >= 15 is 0 Å². The number of amides is 2. The molecule has 0 radical (unpaired) electrons. The number of hydrogen-bond donors (Lipinski definition) is 0. The molecule has 0 spiro atoms. The summed E-state index contributed by atoms with van der Waals surface area (Å²) in [6.07, 6.45) is 2.12. The van der Waals surface area contributed by atoms with Crippen LogP contribution in [-0.2, 0) is 16.1 Å². The van der Waals surface area contributed by atoms with Gasteiger partial charge in [0.25, 0.3) is 0 Å². The maximum absolute atomic E-state index is 13.5. The van der Waals surface area contributed by atoms with Gasteiger partial charge in [-0.2, -0.15) is 0 Å². The molecule has 7 heteroatoms. The maximum Gasteiger partial charge on any atom is 0.231 e. The molecule has 0 bridgehead atoms. The SMILES string of the molecule is CCCCN1C(=O)CC(C(=O)N(C)Cc2ccc3c(c2)OCO3)C1c1ccc(OC)cc1. The number of nitrogens with zero attached hydrogens (tertiary/aromatic N) is 2. The van der Waals surface area contributed by atoms with Crippen molar-refractivity contribution in [2.45, 2.75) is 38.8 Å². The smallest absolute Gasteiger partial charge is 0.231 e. The van der Waals surface area contributed by atoms with Crippen molar-refractivity contribution >= 4 is 11.8 Å².